The first kappa shape index (κ1) is 37.2. The number of ether oxygens (including phenoxy) is 3. The predicted molar refractivity (Wildman–Crippen MR) is 182 cm³/mol. The Balaban J connectivity index is 1.42. The first-order chi connectivity index (χ1) is 23.8. The molecule has 3 aromatic carbocycles. The molecule has 0 aromatic heterocycles. The minimum atomic E-state index is -0.963. The predicted octanol–water partition coefficient (Wildman–Crippen LogP) is 2.52. The van der Waals surface area contributed by atoms with Crippen molar-refractivity contribution in [1.29, 1.82) is 0 Å². The van der Waals surface area contributed by atoms with Crippen LogP contribution in [0.4, 0.5) is 0 Å². The summed E-state index contributed by atoms with van der Waals surface area (Å²) in [5.74, 6) is -2.13. The van der Waals surface area contributed by atoms with E-state index in [0.29, 0.717) is 52.4 Å². The van der Waals surface area contributed by atoms with Gasteiger partial charge in [-0.1, -0.05) is 91.0 Å². The van der Waals surface area contributed by atoms with Crippen LogP contribution in [0.1, 0.15) is 16.7 Å². The molecule has 1 N–H and O–H groups in total. The summed E-state index contributed by atoms with van der Waals surface area (Å²) >= 11 is 0. The van der Waals surface area contributed by atoms with E-state index in [4.69, 9.17) is 14.2 Å². The summed E-state index contributed by atoms with van der Waals surface area (Å²) < 4.78 is 16.6. The normalized spacial score (nSPS) is 15.8. The topological polar surface area (TPSA) is 129 Å². The summed E-state index contributed by atoms with van der Waals surface area (Å²) in [5, 5.41) is 9.60. The number of aliphatic carboxylic acids is 1. The van der Waals surface area contributed by atoms with Gasteiger partial charge in [0.1, 0.15) is 19.8 Å². The van der Waals surface area contributed by atoms with Crippen LogP contribution in [0, 0.1) is 0 Å². The van der Waals surface area contributed by atoms with Gasteiger partial charge >= 0.3 is 23.9 Å². The minimum Gasteiger partial charge on any atom is -0.480 e. The van der Waals surface area contributed by atoms with Gasteiger partial charge in [-0.05, 0) is 16.7 Å². The Labute approximate surface area is 287 Å². The third-order valence-electron chi connectivity index (χ3n) is 8.07. The van der Waals surface area contributed by atoms with Gasteiger partial charge in [-0.15, -0.1) is 0 Å². The van der Waals surface area contributed by atoms with Gasteiger partial charge in [0.25, 0.3) is 0 Å². The van der Waals surface area contributed by atoms with Crippen LogP contribution < -0.4 is 0 Å². The van der Waals surface area contributed by atoms with Gasteiger partial charge in [-0.25, -0.2) is 0 Å². The Bertz CT molecular complexity index is 1370. The summed E-state index contributed by atoms with van der Waals surface area (Å²) in [4.78, 5) is 58.0. The Morgan fingerprint density at radius 2 is 0.673 bits per heavy atom. The van der Waals surface area contributed by atoms with Crippen molar-refractivity contribution in [3.05, 3.63) is 108 Å². The van der Waals surface area contributed by atoms with Crippen molar-refractivity contribution in [2.24, 2.45) is 0 Å². The molecule has 0 radical (unpaired) electrons. The van der Waals surface area contributed by atoms with Crippen LogP contribution in [0.15, 0.2) is 91.0 Å². The van der Waals surface area contributed by atoms with Crippen molar-refractivity contribution in [2.75, 3.05) is 78.5 Å². The number of carbonyl (C=O) groups is 4. The standard InChI is InChI=1S/C37H46N4O8/c42-34(43)24-38-16-18-39(25-35(44)47-28-31-10-4-1-5-11-31)20-22-41(27-37(46)49-30-33-14-8-3-9-15-33)23-21-40(19-17-38)26-36(45)48-29-32-12-6-2-7-13-32/h1-15H,16-30H2,(H,42,43). The SMILES string of the molecule is O=C(O)CN1CCN(CC(=O)OCc2ccccc2)CCN(CC(=O)OCc2ccccc2)CCN(CC(=O)OCc2ccccc2)CC1. The maximum Gasteiger partial charge on any atom is 0.320 e. The molecule has 0 bridgehead atoms. The maximum atomic E-state index is 13.0. The molecule has 12 nitrogen and oxygen atoms in total. The van der Waals surface area contributed by atoms with Gasteiger partial charge < -0.3 is 19.3 Å². The zero-order chi connectivity index (χ0) is 34.7. The highest BCUT2D eigenvalue weighted by Gasteiger charge is 2.22. The molecule has 0 saturated carbocycles. The molecule has 0 unspecified atom stereocenters. The highest BCUT2D eigenvalue weighted by atomic mass is 16.5. The zero-order valence-corrected chi connectivity index (χ0v) is 27.9. The second kappa shape index (κ2) is 20.7. The van der Waals surface area contributed by atoms with Crippen LogP contribution in [0.5, 0.6) is 0 Å². The molecular weight excluding hydrogens is 628 g/mol. The number of carboxylic acid groups (broad SMARTS) is 1. The average molecular weight is 675 g/mol. The second-order valence-electron chi connectivity index (χ2n) is 11.9. The molecule has 3 aromatic rings. The van der Waals surface area contributed by atoms with Crippen LogP contribution in [0.3, 0.4) is 0 Å². The number of nitrogens with zero attached hydrogens (tertiary/aromatic N) is 4. The molecular formula is C37H46N4O8. The fourth-order valence-electron chi connectivity index (χ4n) is 5.30. The van der Waals surface area contributed by atoms with Gasteiger partial charge in [0, 0.05) is 52.4 Å². The fraction of sp³-hybridized carbons (Fsp3) is 0.405. The molecule has 49 heavy (non-hydrogen) atoms. The van der Waals surface area contributed by atoms with Crippen molar-refractivity contribution in [3.8, 4) is 0 Å². The lowest BCUT2D eigenvalue weighted by atomic mass is 10.2. The molecule has 0 spiro atoms. The van der Waals surface area contributed by atoms with Gasteiger partial charge in [-0.3, -0.25) is 38.8 Å². The van der Waals surface area contributed by atoms with E-state index < -0.39 is 17.9 Å². The first-order valence-corrected chi connectivity index (χ1v) is 16.5. The Morgan fingerprint density at radius 1 is 0.429 bits per heavy atom. The number of esters is 3. The number of carboxylic acids is 1. The monoisotopic (exact) mass is 674 g/mol. The van der Waals surface area contributed by atoms with Gasteiger partial charge in [-0.2, -0.15) is 0 Å². The van der Waals surface area contributed by atoms with E-state index in [1.165, 1.54) is 0 Å². The second-order valence-corrected chi connectivity index (χ2v) is 11.9. The van der Waals surface area contributed by atoms with Crippen LogP contribution in [-0.4, -0.2) is 127 Å². The van der Waals surface area contributed by atoms with Crippen LogP contribution in [0.2, 0.25) is 0 Å². The van der Waals surface area contributed by atoms with Crippen molar-refractivity contribution in [1.82, 2.24) is 19.6 Å². The summed E-state index contributed by atoms with van der Waals surface area (Å²) in [6.07, 6.45) is 0. The summed E-state index contributed by atoms with van der Waals surface area (Å²) in [5.41, 5.74) is 2.65. The highest BCUT2D eigenvalue weighted by Crippen LogP contribution is 2.07. The van der Waals surface area contributed by atoms with Gasteiger partial charge in [0.2, 0.25) is 0 Å². The molecule has 1 heterocycles. The number of hydrogen-bond acceptors (Lipinski definition) is 11. The Morgan fingerprint density at radius 3 is 0.918 bits per heavy atom. The van der Waals surface area contributed by atoms with Crippen molar-refractivity contribution in [3.63, 3.8) is 0 Å². The van der Waals surface area contributed by atoms with E-state index in [1.807, 2.05) is 106 Å². The quantitative estimate of drug-likeness (QED) is 0.199. The van der Waals surface area contributed by atoms with Crippen LogP contribution in [0.25, 0.3) is 0 Å². The van der Waals surface area contributed by atoms with Gasteiger partial charge in [0.05, 0.1) is 26.2 Å². The lowest BCUT2D eigenvalue weighted by Crippen LogP contribution is -2.49. The third kappa shape index (κ3) is 15.0. The third-order valence-corrected chi connectivity index (χ3v) is 8.07. The van der Waals surface area contributed by atoms with Crippen molar-refractivity contribution in [2.45, 2.75) is 19.8 Å². The lowest BCUT2D eigenvalue weighted by Gasteiger charge is -2.33. The molecule has 12 heteroatoms. The Kier molecular flexibility index (Phi) is 15.7. The van der Waals surface area contributed by atoms with E-state index in [-0.39, 0.29) is 52.0 Å². The van der Waals surface area contributed by atoms with Gasteiger partial charge in [0.15, 0.2) is 0 Å². The van der Waals surface area contributed by atoms with Crippen molar-refractivity contribution < 1.29 is 38.5 Å². The minimum absolute atomic E-state index is 0.0133. The number of hydrogen-bond donors (Lipinski definition) is 1. The summed E-state index contributed by atoms with van der Waals surface area (Å²) in [6.45, 7) is 3.60. The van der Waals surface area contributed by atoms with E-state index in [9.17, 15) is 24.3 Å². The molecule has 1 saturated heterocycles. The smallest absolute Gasteiger partial charge is 0.320 e. The summed E-state index contributed by atoms with van der Waals surface area (Å²) in [7, 11) is 0. The van der Waals surface area contributed by atoms with E-state index >= 15 is 0 Å². The highest BCUT2D eigenvalue weighted by molar-refractivity contribution is 5.72. The molecule has 1 aliphatic rings. The van der Waals surface area contributed by atoms with E-state index in [1.54, 1.807) is 4.90 Å². The number of benzene rings is 3. The fourth-order valence-corrected chi connectivity index (χ4v) is 5.30. The van der Waals surface area contributed by atoms with Crippen molar-refractivity contribution >= 4 is 23.9 Å². The number of rotatable bonds is 14. The molecule has 1 fully saturated rings. The zero-order valence-electron chi connectivity index (χ0n) is 27.9. The summed E-state index contributed by atoms with van der Waals surface area (Å²) in [6, 6.07) is 28.3. The Hall–Kier alpha value is -4.62. The molecule has 262 valence electrons. The first-order valence-electron chi connectivity index (χ1n) is 16.5. The van der Waals surface area contributed by atoms with Crippen LogP contribution in [-0.2, 0) is 53.2 Å². The van der Waals surface area contributed by atoms with E-state index in [2.05, 4.69) is 0 Å². The largest absolute Gasteiger partial charge is 0.480 e. The molecule has 1 aliphatic heterocycles. The van der Waals surface area contributed by atoms with E-state index in [0.717, 1.165) is 16.7 Å². The molecule has 0 atom stereocenters. The molecule has 0 amide bonds. The average Bonchev–Trinajstić information content (AvgIpc) is 3.11. The van der Waals surface area contributed by atoms with Crippen LogP contribution >= 0.6 is 0 Å². The molecule has 4 rings (SSSR count). The number of carbonyl (C=O) groups excluding carboxylic acids is 3. The lowest BCUT2D eigenvalue weighted by molar-refractivity contribution is -0.148. The molecule has 0 aliphatic carbocycles. The maximum absolute atomic E-state index is 13.0.